The number of aromatic nitrogens is 1. The Hall–Kier alpha value is -3.01. The second-order valence-corrected chi connectivity index (χ2v) is 9.44. The maximum absolute atomic E-state index is 4.66. The molecule has 1 heterocycles. The van der Waals surface area contributed by atoms with Gasteiger partial charge in [-0.1, -0.05) is 92.5 Å². The molecule has 154 valence electrons. The summed E-state index contributed by atoms with van der Waals surface area (Å²) in [6, 6.07) is 38.2. The molecule has 0 saturated carbocycles. The molecule has 0 N–H and O–H groups in total. The molecule has 0 saturated heterocycles. The quantitative estimate of drug-likeness (QED) is 0.221. The van der Waals surface area contributed by atoms with Crippen LogP contribution in [-0.2, 0) is 0 Å². The van der Waals surface area contributed by atoms with Gasteiger partial charge in [0.2, 0.25) is 0 Å². The Morgan fingerprint density at radius 1 is 0.406 bits per heavy atom. The fourth-order valence-electron chi connectivity index (χ4n) is 3.84. The van der Waals surface area contributed by atoms with Gasteiger partial charge in [0.25, 0.3) is 0 Å². The molecule has 1 aromatic heterocycles. The first-order valence-electron chi connectivity index (χ1n) is 10.3. The molecule has 0 bridgehead atoms. The normalized spacial score (nSPS) is 10.8. The second kappa shape index (κ2) is 9.23. The SMILES string of the molecule is Brc1cccc(-c2cccc(-c3ccnc(-c4cccc(-c5cccc(Br)c5)c4)c3)c2)c1. The zero-order valence-corrected chi connectivity index (χ0v) is 20.3. The van der Waals surface area contributed by atoms with Gasteiger partial charge in [-0.3, -0.25) is 4.98 Å². The summed E-state index contributed by atoms with van der Waals surface area (Å²) in [7, 11) is 0. The fraction of sp³-hybridized carbons (Fsp3) is 0. The van der Waals surface area contributed by atoms with Gasteiger partial charge in [0.05, 0.1) is 5.69 Å². The Morgan fingerprint density at radius 3 is 1.34 bits per heavy atom. The third-order valence-corrected chi connectivity index (χ3v) is 6.42. The van der Waals surface area contributed by atoms with E-state index >= 15 is 0 Å². The maximum Gasteiger partial charge on any atom is 0.0708 e. The third kappa shape index (κ3) is 4.59. The smallest absolute Gasteiger partial charge is 0.0708 e. The van der Waals surface area contributed by atoms with E-state index in [1.807, 2.05) is 18.3 Å². The van der Waals surface area contributed by atoms with Gasteiger partial charge >= 0.3 is 0 Å². The first-order valence-corrected chi connectivity index (χ1v) is 11.9. The number of pyridine rings is 1. The summed E-state index contributed by atoms with van der Waals surface area (Å²) in [5.74, 6) is 0. The Balaban J connectivity index is 1.51. The van der Waals surface area contributed by atoms with Crippen molar-refractivity contribution in [2.75, 3.05) is 0 Å². The molecule has 3 heteroatoms. The Bertz CT molecular complexity index is 1300. The van der Waals surface area contributed by atoms with E-state index in [1.165, 1.54) is 27.8 Å². The van der Waals surface area contributed by atoms with Crippen molar-refractivity contribution in [1.29, 1.82) is 0 Å². The van der Waals surface area contributed by atoms with Crippen molar-refractivity contribution in [2.24, 2.45) is 0 Å². The molecule has 0 aliphatic heterocycles. The average molecular weight is 541 g/mol. The van der Waals surface area contributed by atoms with Crippen molar-refractivity contribution in [3.63, 3.8) is 0 Å². The van der Waals surface area contributed by atoms with Crippen LogP contribution in [0, 0.1) is 0 Å². The van der Waals surface area contributed by atoms with Crippen LogP contribution in [0.3, 0.4) is 0 Å². The van der Waals surface area contributed by atoms with E-state index in [1.54, 1.807) is 0 Å². The van der Waals surface area contributed by atoms with E-state index < -0.39 is 0 Å². The third-order valence-electron chi connectivity index (χ3n) is 5.43. The molecule has 4 aromatic carbocycles. The summed E-state index contributed by atoms with van der Waals surface area (Å²) in [6.07, 6.45) is 1.89. The molecule has 0 aliphatic carbocycles. The summed E-state index contributed by atoms with van der Waals surface area (Å²) in [4.78, 5) is 4.66. The number of hydrogen-bond donors (Lipinski definition) is 0. The van der Waals surface area contributed by atoms with Crippen LogP contribution in [0.15, 0.2) is 124 Å². The van der Waals surface area contributed by atoms with Crippen LogP contribution < -0.4 is 0 Å². The van der Waals surface area contributed by atoms with E-state index in [0.29, 0.717) is 0 Å². The van der Waals surface area contributed by atoms with Crippen molar-refractivity contribution in [3.05, 3.63) is 124 Å². The Labute approximate surface area is 205 Å². The number of rotatable bonds is 4. The van der Waals surface area contributed by atoms with Gasteiger partial charge in [0.1, 0.15) is 0 Å². The summed E-state index contributed by atoms with van der Waals surface area (Å²) < 4.78 is 2.16. The molecule has 0 radical (unpaired) electrons. The van der Waals surface area contributed by atoms with Crippen LogP contribution in [0.4, 0.5) is 0 Å². The highest BCUT2D eigenvalue weighted by Crippen LogP contribution is 2.31. The largest absolute Gasteiger partial charge is 0.256 e. The standard InChI is InChI=1S/C29H19Br2N/c30-27-11-3-8-23(17-27)20-5-1-6-21(15-20)25-13-14-32-29(19-25)26-10-2-7-22(16-26)24-9-4-12-28(31)18-24/h1-19H. The molecule has 32 heavy (non-hydrogen) atoms. The monoisotopic (exact) mass is 539 g/mol. The van der Waals surface area contributed by atoms with Gasteiger partial charge in [-0.2, -0.15) is 0 Å². The van der Waals surface area contributed by atoms with Crippen LogP contribution in [0.5, 0.6) is 0 Å². The highest BCUT2D eigenvalue weighted by Gasteiger charge is 2.07. The van der Waals surface area contributed by atoms with Crippen molar-refractivity contribution in [1.82, 2.24) is 4.98 Å². The van der Waals surface area contributed by atoms with Crippen molar-refractivity contribution >= 4 is 31.9 Å². The summed E-state index contributed by atoms with van der Waals surface area (Å²) in [5.41, 5.74) is 9.14. The first kappa shape index (κ1) is 20.9. The van der Waals surface area contributed by atoms with Crippen molar-refractivity contribution in [3.8, 4) is 44.6 Å². The summed E-state index contributed by atoms with van der Waals surface area (Å²) >= 11 is 7.14. The van der Waals surface area contributed by atoms with Gasteiger partial charge in [0.15, 0.2) is 0 Å². The highest BCUT2D eigenvalue weighted by atomic mass is 79.9. The molecule has 5 aromatic rings. The lowest BCUT2D eigenvalue weighted by molar-refractivity contribution is 1.33. The lowest BCUT2D eigenvalue weighted by atomic mass is 9.97. The zero-order valence-electron chi connectivity index (χ0n) is 17.2. The van der Waals surface area contributed by atoms with Crippen LogP contribution in [0.1, 0.15) is 0 Å². The molecule has 0 fully saturated rings. The van der Waals surface area contributed by atoms with Crippen molar-refractivity contribution in [2.45, 2.75) is 0 Å². The van der Waals surface area contributed by atoms with Gasteiger partial charge in [-0.25, -0.2) is 0 Å². The fourth-order valence-corrected chi connectivity index (χ4v) is 4.64. The lowest BCUT2D eigenvalue weighted by Gasteiger charge is -2.09. The van der Waals surface area contributed by atoms with Gasteiger partial charge in [-0.05, 0) is 81.9 Å². The predicted octanol–water partition coefficient (Wildman–Crippen LogP) is 9.27. The zero-order chi connectivity index (χ0) is 21.9. The van der Waals surface area contributed by atoms with E-state index in [4.69, 9.17) is 0 Å². The minimum absolute atomic E-state index is 0.965. The molecule has 0 aliphatic rings. The van der Waals surface area contributed by atoms with Crippen LogP contribution in [0.2, 0.25) is 0 Å². The van der Waals surface area contributed by atoms with E-state index in [-0.39, 0.29) is 0 Å². The Morgan fingerprint density at radius 2 is 0.812 bits per heavy atom. The van der Waals surface area contributed by atoms with Gasteiger partial charge in [-0.15, -0.1) is 0 Å². The maximum atomic E-state index is 4.66. The second-order valence-electron chi connectivity index (χ2n) is 7.61. The topological polar surface area (TPSA) is 12.9 Å². The minimum Gasteiger partial charge on any atom is -0.256 e. The summed E-state index contributed by atoms with van der Waals surface area (Å²) in [5, 5.41) is 0. The molecule has 1 nitrogen and oxygen atoms in total. The lowest BCUT2D eigenvalue weighted by Crippen LogP contribution is -1.87. The molecule has 0 amide bonds. The number of hydrogen-bond acceptors (Lipinski definition) is 1. The molecule has 0 atom stereocenters. The van der Waals surface area contributed by atoms with Gasteiger partial charge < -0.3 is 0 Å². The van der Waals surface area contributed by atoms with Crippen molar-refractivity contribution < 1.29 is 0 Å². The van der Waals surface area contributed by atoms with Gasteiger partial charge in [0, 0.05) is 20.7 Å². The number of halogens is 2. The van der Waals surface area contributed by atoms with Crippen LogP contribution in [0.25, 0.3) is 44.6 Å². The number of benzene rings is 4. The number of nitrogens with zero attached hydrogens (tertiary/aromatic N) is 1. The molecule has 0 unspecified atom stereocenters. The molecular weight excluding hydrogens is 522 g/mol. The van der Waals surface area contributed by atoms with Crippen LogP contribution in [-0.4, -0.2) is 4.98 Å². The van der Waals surface area contributed by atoms with E-state index in [0.717, 1.165) is 25.8 Å². The molecule has 0 spiro atoms. The minimum atomic E-state index is 0.965. The van der Waals surface area contributed by atoms with E-state index in [2.05, 4.69) is 134 Å². The van der Waals surface area contributed by atoms with Crippen LogP contribution >= 0.6 is 31.9 Å². The summed E-state index contributed by atoms with van der Waals surface area (Å²) in [6.45, 7) is 0. The Kier molecular flexibility index (Phi) is 6.02. The highest BCUT2D eigenvalue weighted by molar-refractivity contribution is 9.10. The van der Waals surface area contributed by atoms with E-state index in [9.17, 15) is 0 Å². The predicted molar refractivity (Wildman–Crippen MR) is 141 cm³/mol. The first-order chi connectivity index (χ1) is 15.7. The molecular formula is C29H19Br2N. The molecule has 5 rings (SSSR count). The average Bonchev–Trinajstić information content (AvgIpc) is 2.84.